The van der Waals surface area contributed by atoms with Gasteiger partial charge in [0.1, 0.15) is 0 Å². The van der Waals surface area contributed by atoms with Gasteiger partial charge in [0.2, 0.25) is 0 Å². The number of aromatic amines is 1. The number of nitrogens with zero attached hydrogens (tertiary/aromatic N) is 1. The van der Waals surface area contributed by atoms with Gasteiger partial charge in [-0.05, 0) is 19.3 Å². The minimum Gasteiger partial charge on any atom is -0.352 e. The molecule has 0 aliphatic carbocycles. The number of rotatable bonds is 5. The molecule has 1 atom stereocenters. The standard InChI is InChI=1S/C10H16BrN3O/c1-7(3-4-11)5-12-10(15)9-6-13-14-8(9)2/h6-7H,3-5H2,1-2H3,(H,12,15)(H,13,14). The van der Waals surface area contributed by atoms with Crippen LogP contribution in [0.2, 0.25) is 0 Å². The van der Waals surface area contributed by atoms with Crippen LogP contribution in [-0.4, -0.2) is 28.0 Å². The number of halogens is 1. The van der Waals surface area contributed by atoms with E-state index in [1.807, 2.05) is 6.92 Å². The average molecular weight is 274 g/mol. The normalized spacial score (nSPS) is 12.5. The van der Waals surface area contributed by atoms with Crippen LogP contribution in [0.1, 0.15) is 29.4 Å². The average Bonchev–Trinajstić information content (AvgIpc) is 2.61. The van der Waals surface area contributed by atoms with Crippen LogP contribution in [0, 0.1) is 12.8 Å². The molecule has 0 aliphatic rings. The van der Waals surface area contributed by atoms with E-state index in [-0.39, 0.29) is 5.91 Å². The summed E-state index contributed by atoms with van der Waals surface area (Å²) in [5, 5.41) is 10.4. The van der Waals surface area contributed by atoms with Crippen LogP contribution in [0.4, 0.5) is 0 Å². The van der Waals surface area contributed by atoms with Crippen molar-refractivity contribution in [3.63, 3.8) is 0 Å². The van der Waals surface area contributed by atoms with Crippen molar-refractivity contribution in [3.8, 4) is 0 Å². The van der Waals surface area contributed by atoms with Crippen molar-refractivity contribution in [1.82, 2.24) is 15.5 Å². The Bertz CT molecular complexity index is 324. The fourth-order valence-electron chi connectivity index (χ4n) is 1.23. The Morgan fingerprint density at radius 3 is 3.00 bits per heavy atom. The molecular formula is C10H16BrN3O. The van der Waals surface area contributed by atoms with E-state index in [9.17, 15) is 4.79 Å². The van der Waals surface area contributed by atoms with Gasteiger partial charge in [0, 0.05) is 17.6 Å². The van der Waals surface area contributed by atoms with Gasteiger partial charge in [-0.25, -0.2) is 0 Å². The van der Waals surface area contributed by atoms with E-state index in [1.54, 1.807) is 6.20 Å². The van der Waals surface area contributed by atoms with Crippen molar-refractivity contribution in [2.75, 3.05) is 11.9 Å². The van der Waals surface area contributed by atoms with Crippen molar-refractivity contribution in [2.45, 2.75) is 20.3 Å². The minimum absolute atomic E-state index is 0.0531. The van der Waals surface area contributed by atoms with Gasteiger partial charge in [-0.1, -0.05) is 22.9 Å². The Morgan fingerprint density at radius 1 is 1.73 bits per heavy atom. The first-order chi connectivity index (χ1) is 7.15. The molecule has 0 radical (unpaired) electrons. The topological polar surface area (TPSA) is 57.8 Å². The lowest BCUT2D eigenvalue weighted by atomic mass is 10.1. The fourth-order valence-corrected chi connectivity index (χ4v) is 2.01. The summed E-state index contributed by atoms with van der Waals surface area (Å²) in [6, 6.07) is 0. The van der Waals surface area contributed by atoms with E-state index >= 15 is 0 Å². The predicted molar refractivity (Wildman–Crippen MR) is 63.2 cm³/mol. The number of aryl methyl sites for hydroxylation is 1. The monoisotopic (exact) mass is 273 g/mol. The third kappa shape index (κ3) is 3.66. The molecule has 1 aromatic rings. The number of alkyl halides is 1. The summed E-state index contributed by atoms with van der Waals surface area (Å²) >= 11 is 3.38. The highest BCUT2D eigenvalue weighted by atomic mass is 79.9. The maximum absolute atomic E-state index is 11.7. The molecule has 0 aliphatic heterocycles. The van der Waals surface area contributed by atoms with Gasteiger partial charge < -0.3 is 5.32 Å². The number of H-pyrrole nitrogens is 1. The van der Waals surface area contributed by atoms with Crippen molar-refractivity contribution < 1.29 is 4.79 Å². The largest absolute Gasteiger partial charge is 0.352 e. The molecule has 0 saturated carbocycles. The minimum atomic E-state index is -0.0531. The summed E-state index contributed by atoms with van der Waals surface area (Å²) in [7, 11) is 0. The van der Waals surface area contributed by atoms with Crippen molar-refractivity contribution in [1.29, 1.82) is 0 Å². The first-order valence-corrected chi connectivity index (χ1v) is 6.11. The number of hydrogen-bond donors (Lipinski definition) is 2. The van der Waals surface area contributed by atoms with Gasteiger partial charge in [0.05, 0.1) is 11.8 Å². The van der Waals surface area contributed by atoms with Crippen LogP contribution in [0.3, 0.4) is 0 Å². The third-order valence-electron chi connectivity index (χ3n) is 2.29. The zero-order valence-corrected chi connectivity index (χ0v) is 10.6. The van der Waals surface area contributed by atoms with Crippen LogP contribution in [0.15, 0.2) is 6.20 Å². The van der Waals surface area contributed by atoms with E-state index in [0.29, 0.717) is 18.0 Å². The predicted octanol–water partition coefficient (Wildman–Crippen LogP) is 1.87. The second-order valence-corrected chi connectivity index (χ2v) is 4.49. The van der Waals surface area contributed by atoms with Gasteiger partial charge in [-0.3, -0.25) is 9.89 Å². The molecule has 0 fully saturated rings. The van der Waals surface area contributed by atoms with Gasteiger partial charge in [-0.2, -0.15) is 5.10 Å². The molecular weight excluding hydrogens is 258 g/mol. The molecule has 0 spiro atoms. The molecule has 1 rings (SSSR count). The number of amides is 1. The number of carbonyl (C=O) groups excluding carboxylic acids is 1. The number of aromatic nitrogens is 2. The van der Waals surface area contributed by atoms with Crippen LogP contribution in [-0.2, 0) is 0 Å². The lowest BCUT2D eigenvalue weighted by molar-refractivity contribution is 0.0947. The molecule has 1 aromatic heterocycles. The molecule has 1 unspecified atom stereocenters. The molecule has 1 heterocycles. The Balaban J connectivity index is 2.40. The number of hydrogen-bond acceptors (Lipinski definition) is 2. The smallest absolute Gasteiger partial charge is 0.254 e. The van der Waals surface area contributed by atoms with Gasteiger partial charge in [-0.15, -0.1) is 0 Å². The summed E-state index contributed by atoms with van der Waals surface area (Å²) in [6.07, 6.45) is 2.62. The molecule has 1 amide bonds. The van der Waals surface area contributed by atoms with Gasteiger partial charge in [0.25, 0.3) is 5.91 Å². The zero-order valence-electron chi connectivity index (χ0n) is 9.01. The SMILES string of the molecule is Cc1[nH]ncc1C(=O)NCC(C)CCBr. The second-order valence-electron chi connectivity index (χ2n) is 3.70. The Hall–Kier alpha value is -0.840. The van der Waals surface area contributed by atoms with E-state index in [4.69, 9.17) is 0 Å². The number of nitrogens with one attached hydrogen (secondary N) is 2. The molecule has 0 bridgehead atoms. The highest BCUT2D eigenvalue weighted by Crippen LogP contribution is 2.05. The molecule has 15 heavy (non-hydrogen) atoms. The second kappa shape index (κ2) is 5.90. The lowest BCUT2D eigenvalue weighted by Gasteiger charge is -2.10. The van der Waals surface area contributed by atoms with Crippen molar-refractivity contribution >= 4 is 21.8 Å². The zero-order chi connectivity index (χ0) is 11.3. The summed E-state index contributed by atoms with van der Waals surface area (Å²) in [6.45, 7) is 4.66. The quantitative estimate of drug-likeness (QED) is 0.805. The van der Waals surface area contributed by atoms with E-state index in [2.05, 4.69) is 38.4 Å². The van der Waals surface area contributed by atoms with Crippen molar-refractivity contribution in [2.24, 2.45) is 5.92 Å². The van der Waals surface area contributed by atoms with Gasteiger partial charge >= 0.3 is 0 Å². The van der Waals surface area contributed by atoms with Crippen LogP contribution < -0.4 is 5.32 Å². The highest BCUT2D eigenvalue weighted by molar-refractivity contribution is 9.09. The molecule has 2 N–H and O–H groups in total. The molecule has 0 saturated heterocycles. The highest BCUT2D eigenvalue weighted by Gasteiger charge is 2.11. The summed E-state index contributed by atoms with van der Waals surface area (Å²) in [4.78, 5) is 11.7. The third-order valence-corrected chi connectivity index (χ3v) is 2.75. The summed E-state index contributed by atoms with van der Waals surface area (Å²) in [5.74, 6) is 0.434. The fraction of sp³-hybridized carbons (Fsp3) is 0.600. The Kier molecular flexibility index (Phi) is 4.81. The van der Waals surface area contributed by atoms with E-state index in [0.717, 1.165) is 17.4 Å². The Labute approximate surface area is 98.0 Å². The number of carbonyl (C=O) groups is 1. The van der Waals surface area contributed by atoms with Crippen LogP contribution in [0.25, 0.3) is 0 Å². The maximum atomic E-state index is 11.7. The maximum Gasteiger partial charge on any atom is 0.254 e. The van der Waals surface area contributed by atoms with Crippen molar-refractivity contribution in [3.05, 3.63) is 17.5 Å². The lowest BCUT2D eigenvalue weighted by Crippen LogP contribution is -2.28. The van der Waals surface area contributed by atoms with Crippen LogP contribution >= 0.6 is 15.9 Å². The molecule has 4 nitrogen and oxygen atoms in total. The van der Waals surface area contributed by atoms with E-state index < -0.39 is 0 Å². The first kappa shape index (κ1) is 12.2. The molecule has 84 valence electrons. The van der Waals surface area contributed by atoms with E-state index in [1.165, 1.54) is 0 Å². The molecule has 0 aromatic carbocycles. The summed E-state index contributed by atoms with van der Waals surface area (Å²) < 4.78 is 0. The van der Waals surface area contributed by atoms with Crippen LogP contribution in [0.5, 0.6) is 0 Å². The Morgan fingerprint density at radius 2 is 2.47 bits per heavy atom. The first-order valence-electron chi connectivity index (χ1n) is 4.99. The summed E-state index contributed by atoms with van der Waals surface area (Å²) in [5.41, 5.74) is 1.43. The molecule has 5 heteroatoms. The van der Waals surface area contributed by atoms with Gasteiger partial charge in [0.15, 0.2) is 0 Å².